The molecule has 2 heterocycles. The molecule has 0 saturated carbocycles. The Bertz CT molecular complexity index is 857. The van der Waals surface area contributed by atoms with Crippen LogP contribution >= 0.6 is 23.6 Å². The molecular formula is C14H12N2OS2. The topological polar surface area (TPSA) is 37.8 Å². The SMILES string of the molecule is CCc1cccc(-n2c(=S)[nH]c3ccsc3c2=O)c1. The zero-order valence-corrected chi connectivity index (χ0v) is 12.0. The van der Waals surface area contributed by atoms with E-state index in [0.717, 1.165) is 17.6 Å². The maximum atomic E-state index is 12.5. The highest BCUT2D eigenvalue weighted by atomic mass is 32.1. The summed E-state index contributed by atoms with van der Waals surface area (Å²) in [5, 5.41) is 1.89. The minimum atomic E-state index is -0.0537. The summed E-state index contributed by atoms with van der Waals surface area (Å²) in [6.45, 7) is 2.09. The first-order valence-corrected chi connectivity index (χ1v) is 7.31. The molecule has 3 nitrogen and oxygen atoms in total. The zero-order chi connectivity index (χ0) is 13.4. The zero-order valence-electron chi connectivity index (χ0n) is 10.3. The first-order valence-electron chi connectivity index (χ1n) is 6.02. The molecule has 0 aliphatic carbocycles. The van der Waals surface area contributed by atoms with Gasteiger partial charge in [0.15, 0.2) is 4.77 Å². The van der Waals surface area contributed by atoms with Crippen LogP contribution in [0.2, 0.25) is 0 Å². The molecule has 0 unspecified atom stereocenters. The smallest absolute Gasteiger partial charge is 0.276 e. The van der Waals surface area contributed by atoms with E-state index in [1.165, 1.54) is 16.9 Å². The predicted molar refractivity (Wildman–Crippen MR) is 82.0 cm³/mol. The molecule has 0 aliphatic rings. The van der Waals surface area contributed by atoms with E-state index >= 15 is 0 Å². The monoisotopic (exact) mass is 288 g/mol. The summed E-state index contributed by atoms with van der Waals surface area (Å²) < 4.78 is 2.70. The molecule has 0 saturated heterocycles. The molecule has 5 heteroatoms. The van der Waals surface area contributed by atoms with E-state index in [-0.39, 0.29) is 5.56 Å². The van der Waals surface area contributed by atoms with Gasteiger partial charge in [0.1, 0.15) is 4.70 Å². The van der Waals surface area contributed by atoms with Gasteiger partial charge < -0.3 is 4.98 Å². The van der Waals surface area contributed by atoms with E-state index in [1.54, 1.807) is 4.57 Å². The van der Waals surface area contributed by atoms with Gasteiger partial charge in [0.2, 0.25) is 0 Å². The van der Waals surface area contributed by atoms with Gasteiger partial charge in [0.05, 0.1) is 11.2 Å². The van der Waals surface area contributed by atoms with E-state index in [2.05, 4.69) is 11.9 Å². The van der Waals surface area contributed by atoms with Crippen molar-refractivity contribution in [1.82, 2.24) is 9.55 Å². The number of aryl methyl sites for hydroxylation is 1. The summed E-state index contributed by atoms with van der Waals surface area (Å²) in [5.74, 6) is 0. The van der Waals surface area contributed by atoms with Crippen molar-refractivity contribution in [3.8, 4) is 5.69 Å². The van der Waals surface area contributed by atoms with Crippen LogP contribution in [0.4, 0.5) is 0 Å². The molecule has 0 amide bonds. The third-order valence-electron chi connectivity index (χ3n) is 3.08. The summed E-state index contributed by atoms with van der Waals surface area (Å²) in [7, 11) is 0. The van der Waals surface area contributed by atoms with Gasteiger partial charge >= 0.3 is 0 Å². The Labute approximate surface area is 119 Å². The van der Waals surface area contributed by atoms with Crippen LogP contribution in [-0.2, 0) is 6.42 Å². The lowest BCUT2D eigenvalue weighted by Gasteiger charge is -2.07. The van der Waals surface area contributed by atoms with E-state index in [4.69, 9.17) is 12.2 Å². The summed E-state index contributed by atoms with van der Waals surface area (Å²) in [4.78, 5) is 15.6. The number of aromatic amines is 1. The Morgan fingerprint density at radius 1 is 1.37 bits per heavy atom. The van der Waals surface area contributed by atoms with Crippen molar-refractivity contribution in [3.05, 3.63) is 56.4 Å². The molecule has 0 spiro atoms. The average Bonchev–Trinajstić information content (AvgIpc) is 2.87. The summed E-state index contributed by atoms with van der Waals surface area (Å²) in [5.41, 5.74) is 2.76. The fraction of sp³-hybridized carbons (Fsp3) is 0.143. The van der Waals surface area contributed by atoms with Gasteiger partial charge in [-0.25, -0.2) is 0 Å². The lowest BCUT2D eigenvalue weighted by Crippen LogP contribution is -2.19. The minimum absolute atomic E-state index is 0.0537. The van der Waals surface area contributed by atoms with E-state index in [1.807, 2.05) is 35.7 Å². The van der Waals surface area contributed by atoms with E-state index in [9.17, 15) is 4.79 Å². The lowest BCUT2D eigenvalue weighted by molar-refractivity contribution is 0.938. The molecule has 3 rings (SSSR count). The summed E-state index contributed by atoms with van der Waals surface area (Å²) >= 11 is 6.74. The van der Waals surface area contributed by atoms with Crippen molar-refractivity contribution in [1.29, 1.82) is 0 Å². The highest BCUT2D eigenvalue weighted by Crippen LogP contribution is 2.16. The van der Waals surface area contributed by atoms with Crippen LogP contribution in [-0.4, -0.2) is 9.55 Å². The number of nitrogens with zero attached hydrogens (tertiary/aromatic N) is 1. The second-order valence-corrected chi connectivity index (χ2v) is 5.56. The Balaban J connectivity index is 2.35. The Kier molecular flexibility index (Phi) is 3.08. The molecule has 0 bridgehead atoms. The van der Waals surface area contributed by atoms with Gasteiger partial charge in [0.25, 0.3) is 5.56 Å². The number of nitrogens with one attached hydrogen (secondary N) is 1. The predicted octanol–water partition coefficient (Wildman–Crippen LogP) is 3.67. The van der Waals surface area contributed by atoms with Gasteiger partial charge in [0, 0.05) is 0 Å². The van der Waals surface area contributed by atoms with Crippen molar-refractivity contribution in [2.24, 2.45) is 0 Å². The molecule has 19 heavy (non-hydrogen) atoms. The largest absolute Gasteiger partial charge is 0.331 e. The third-order valence-corrected chi connectivity index (χ3v) is 4.27. The standard InChI is InChI=1S/C14H12N2OS2/c1-2-9-4-3-5-10(8-9)16-13(17)12-11(6-7-19-12)15-14(16)18/h3-8H,2H2,1H3,(H,15,18). The molecule has 0 radical (unpaired) electrons. The second kappa shape index (κ2) is 4.75. The molecular weight excluding hydrogens is 276 g/mol. The van der Waals surface area contributed by atoms with Crippen LogP contribution in [0.25, 0.3) is 15.9 Å². The third kappa shape index (κ3) is 2.05. The fourth-order valence-corrected chi connectivity index (χ4v) is 3.16. The number of aromatic nitrogens is 2. The maximum absolute atomic E-state index is 12.5. The van der Waals surface area contributed by atoms with Gasteiger partial charge in [-0.3, -0.25) is 9.36 Å². The average molecular weight is 288 g/mol. The fourth-order valence-electron chi connectivity index (χ4n) is 2.09. The quantitative estimate of drug-likeness (QED) is 0.731. The van der Waals surface area contributed by atoms with Gasteiger partial charge in [-0.15, -0.1) is 11.3 Å². The van der Waals surface area contributed by atoms with E-state index in [0.29, 0.717) is 9.47 Å². The van der Waals surface area contributed by atoms with Crippen LogP contribution in [0.1, 0.15) is 12.5 Å². The highest BCUT2D eigenvalue weighted by molar-refractivity contribution is 7.71. The number of H-pyrrole nitrogens is 1. The second-order valence-electron chi connectivity index (χ2n) is 4.26. The van der Waals surface area contributed by atoms with Gasteiger partial charge in [-0.05, 0) is 47.8 Å². The molecule has 0 aliphatic heterocycles. The normalized spacial score (nSPS) is 11.0. The van der Waals surface area contributed by atoms with E-state index < -0.39 is 0 Å². The lowest BCUT2D eigenvalue weighted by atomic mass is 10.1. The molecule has 96 valence electrons. The highest BCUT2D eigenvalue weighted by Gasteiger charge is 2.08. The van der Waals surface area contributed by atoms with Crippen molar-refractivity contribution in [2.45, 2.75) is 13.3 Å². The number of hydrogen-bond acceptors (Lipinski definition) is 3. The summed E-state index contributed by atoms with van der Waals surface area (Å²) in [6, 6.07) is 9.79. The maximum Gasteiger partial charge on any atom is 0.276 e. The van der Waals surface area contributed by atoms with Crippen LogP contribution in [0.3, 0.4) is 0 Å². The molecule has 0 fully saturated rings. The molecule has 3 aromatic rings. The number of fused-ring (bicyclic) bond motifs is 1. The molecule has 1 aromatic carbocycles. The van der Waals surface area contributed by atoms with Crippen LogP contribution in [0.15, 0.2) is 40.5 Å². The Hall–Kier alpha value is -1.72. The van der Waals surface area contributed by atoms with Gasteiger partial charge in [-0.1, -0.05) is 19.1 Å². The van der Waals surface area contributed by atoms with Crippen molar-refractivity contribution in [2.75, 3.05) is 0 Å². The van der Waals surface area contributed by atoms with Crippen molar-refractivity contribution >= 4 is 33.8 Å². The van der Waals surface area contributed by atoms with Crippen LogP contribution in [0, 0.1) is 4.77 Å². The first-order chi connectivity index (χ1) is 9.20. The van der Waals surface area contributed by atoms with Gasteiger partial charge in [-0.2, -0.15) is 0 Å². The van der Waals surface area contributed by atoms with Crippen LogP contribution < -0.4 is 5.56 Å². The number of rotatable bonds is 2. The Morgan fingerprint density at radius 3 is 3.00 bits per heavy atom. The van der Waals surface area contributed by atoms with Crippen molar-refractivity contribution < 1.29 is 0 Å². The molecule has 2 aromatic heterocycles. The molecule has 1 N–H and O–H groups in total. The first kappa shape index (κ1) is 12.3. The number of thiophene rings is 1. The Morgan fingerprint density at radius 2 is 2.21 bits per heavy atom. The number of hydrogen-bond donors (Lipinski definition) is 1. The van der Waals surface area contributed by atoms with Crippen molar-refractivity contribution in [3.63, 3.8) is 0 Å². The number of benzene rings is 1. The molecule has 0 atom stereocenters. The summed E-state index contributed by atoms with van der Waals surface area (Å²) in [6.07, 6.45) is 0.931. The van der Waals surface area contributed by atoms with Crippen LogP contribution in [0.5, 0.6) is 0 Å². The minimum Gasteiger partial charge on any atom is -0.331 e.